The number of rotatable bonds is 1. The van der Waals surface area contributed by atoms with Gasteiger partial charge in [0.1, 0.15) is 16.4 Å². The van der Waals surface area contributed by atoms with Gasteiger partial charge >= 0.3 is 0 Å². The average Bonchev–Trinajstić information content (AvgIpc) is 2.46. The summed E-state index contributed by atoms with van der Waals surface area (Å²) in [5.74, 6) is -0.524. The van der Waals surface area contributed by atoms with Crippen molar-refractivity contribution in [3.8, 4) is 0 Å². The molecular formula is C15H15ClN2O2. The number of halogens is 1. The van der Waals surface area contributed by atoms with Gasteiger partial charge in [-0.15, -0.1) is 0 Å². The van der Waals surface area contributed by atoms with Gasteiger partial charge in [-0.1, -0.05) is 11.6 Å². The van der Waals surface area contributed by atoms with Crippen molar-refractivity contribution < 1.29 is 9.59 Å². The van der Waals surface area contributed by atoms with E-state index in [0.29, 0.717) is 11.3 Å². The van der Waals surface area contributed by atoms with Gasteiger partial charge in [0.05, 0.1) is 5.56 Å². The Balaban J connectivity index is 2.09. The molecule has 1 fully saturated rings. The third-order valence-electron chi connectivity index (χ3n) is 3.79. The Kier molecular flexibility index (Phi) is 3.34. The van der Waals surface area contributed by atoms with Crippen LogP contribution in [0, 0.1) is 6.92 Å². The van der Waals surface area contributed by atoms with E-state index in [2.05, 4.69) is 4.98 Å². The molecule has 1 aromatic heterocycles. The lowest BCUT2D eigenvalue weighted by atomic mass is 9.95. The normalized spacial score (nSPS) is 19.4. The summed E-state index contributed by atoms with van der Waals surface area (Å²) >= 11 is 6.17. The number of nitrogens with zero attached hydrogens (tertiary/aromatic N) is 2. The molecule has 104 valence electrons. The second kappa shape index (κ2) is 5.02. The maximum absolute atomic E-state index is 12.6. The number of aryl methyl sites for hydroxylation is 1. The number of ketones is 2. The Labute approximate surface area is 122 Å². The lowest BCUT2D eigenvalue weighted by Gasteiger charge is -2.32. The quantitative estimate of drug-likeness (QED) is 0.798. The molecule has 1 aliphatic heterocycles. The van der Waals surface area contributed by atoms with Crippen molar-refractivity contribution in [2.24, 2.45) is 0 Å². The van der Waals surface area contributed by atoms with Gasteiger partial charge in [0.2, 0.25) is 11.6 Å². The van der Waals surface area contributed by atoms with E-state index < -0.39 is 0 Å². The summed E-state index contributed by atoms with van der Waals surface area (Å²) in [4.78, 5) is 31.1. The number of pyridine rings is 1. The maximum Gasteiger partial charge on any atom is 0.229 e. The topological polar surface area (TPSA) is 50.3 Å². The fraction of sp³-hybridized carbons (Fsp3) is 0.400. The summed E-state index contributed by atoms with van der Waals surface area (Å²) < 4.78 is 0. The highest BCUT2D eigenvalue weighted by atomic mass is 35.5. The van der Waals surface area contributed by atoms with E-state index in [4.69, 9.17) is 11.6 Å². The van der Waals surface area contributed by atoms with Gasteiger partial charge in [-0.25, -0.2) is 4.98 Å². The molecule has 1 aromatic rings. The molecule has 1 aliphatic carbocycles. The summed E-state index contributed by atoms with van der Waals surface area (Å²) in [7, 11) is 0. The number of carbonyl (C=O) groups excluding carboxylic acids is 2. The van der Waals surface area contributed by atoms with E-state index in [1.54, 1.807) is 19.1 Å². The molecule has 0 bridgehead atoms. The fourth-order valence-electron chi connectivity index (χ4n) is 2.75. The average molecular weight is 291 g/mol. The van der Waals surface area contributed by atoms with E-state index >= 15 is 0 Å². The standard InChI is InChI=1S/C15H15ClN2O2/c1-9-5-6-10-12(17-9)15(20)13(11(16)14(10)19)18-7-3-2-4-8-18/h5-6H,2-4,7-8H2,1H3. The monoisotopic (exact) mass is 290 g/mol. The van der Waals surface area contributed by atoms with Crippen LogP contribution in [0.1, 0.15) is 45.8 Å². The zero-order valence-corrected chi connectivity index (χ0v) is 12.0. The number of Topliss-reactive ketones (excluding diaryl/α,β-unsaturated/α-hetero) is 2. The van der Waals surface area contributed by atoms with Crippen LogP contribution < -0.4 is 0 Å². The maximum atomic E-state index is 12.6. The summed E-state index contributed by atoms with van der Waals surface area (Å²) in [6, 6.07) is 3.35. The van der Waals surface area contributed by atoms with Crippen molar-refractivity contribution in [2.75, 3.05) is 13.1 Å². The van der Waals surface area contributed by atoms with Gasteiger partial charge in [-0.2, -0.15) is 0 Å². The Morgan fingerprint density at radius 3 is 2.50 bits per heavy atom. The summed E-state index contributed by atoms with van der Waals surface area (Å²) in [6.45, 7) is 3.34. The van der Waals surface area contributed by atoms with Gasteiger partial charge in [0.15, 0.2) is 0 Å². The minimum Gasteiger partial charge on any atom is -0.367 e. The van der Waals surface area contributed by atoms with Crippen LogP contribution >= 0.6 is 11.6 Å². The molecule has 2 aliphatic rings. The van der Waals surface area contributed by atoms with Crippen LogP contribution in [0.3, 0.4) is 0 Å². The molecule has 0 spiro atoms. The number of hydrogen-bond donors (Lipinski definition) is 0. The first kappa shape index (κ1) is 13.3. The first-order valence-corrected chi connectivity index (χ1v) is 7.19. The first-order chi connectivity index (χ1) is 9.59. The van der Waals surface area contributed by atoms with Crippen LogP contribution in [0.25, 0.3) is 0 Å². The summed E-state index contributed by atoms with van der Waals surface area (Å²) in [5, 5.41) is 0.0371. The largest absolute Gasteiger partial charge is 0.367 e. The minimum atomic E-state index is -0.297. The lowest BCUT2D eigenvalue weighted by Crippen LogP contribution is -2.37. The molecule has 0 atom stereocenters. The summed E-state index contributed by atoms with van der Waals surface area (Å²) in [6.07, 6.45) is 3.18. The fourth-order valence-corrected chi connectivity index (χ4v) is 3.06. The first-order valence-electron chi connectivity index (χ1n) is 6.81. The van der Waals surface area contributed by atoms with Crippen molar-refractivity contribution in [2.45, 2.75) is 26.2 Å². The molecule has 1 saturated heterocycles. The van der Waals surface area contributed by atoms with E-state index in [1.807, 2.05) is 4.90 Å². The van der Waals surface area contributed by atoms with Crippen molar-refractivity contribution in [3.05, 3.63) is 39.8 Å². The number of likely N-dealkylation sites (tertiary alicyclic amines) is 1. The predicted octanol–water partition coefficient (Wildman–Crippen LogP) is 2.71. The van der Waals surface area contributed by atoms with Crippen LogP contribution in [0.4, 0.5) is 0 Å². The number of piperidine rings is 1. The van der Waals surface area contributed by atoms with E-state index in [0.717, 1.165) is 38.0 Å². The number of fused-ring (bicyclic) bond motifs is 1. The molecule has 0 N–H and O–H groups in total. The van der Waals surface area contributed by atoms with Crippen LogP contribution in [0.15, 0.2) is 22.9 Å². The molecular weight excluding hydrogens is 276 g/mol. The Bertz CT molecular complexity index is 631. The van der Waals surface area contributed by atoms with Crippen LogP contribution in [-0.4, -0.2) is 34.5 Å². The zero-order valence-electron chi connectivity index (χ0n) is 11.3. The highest BCUT2D eigenvalue weighted by Crippen LogP contribution is 2.31. The van der Waals surface area contributed by atoms with Gasteiger partial charge in [0.25, 0.3) is 0 Å². The van der Waals surface area contributed by atoms with Crippen LogP contribution in [0.5, 0.6) is 0 Å². The summed E-state index contributed by atoms with van der Waals surface area (Å²) in [5.41, 5.74) is 1.61. The molecule has 0 amide bonds. The second-order valence-corrected chi connectivity index (χ2v) is 5.60. The highest BCUT2D eigenvalue weighted by molar-refractivity contribution is 6.49. The molecule has 3 rings (SSSR count). The van der Waals surface area contributed by atoms with Gasteiger partial charge in [-0.3, -0.25) is 9.59 Å². The molecule has 0 saturated carbocycles. The molecule has 20 heavy (non-hydrogen) atoms. The van der Waals surface area contributed by atoms with Crippen LogP contribution in [0.2, 0.25) is 0 Å². The van der Waals surface area contributed by atoms with E-state index in [-0.39, 0.29) is 22.3 Å². The Morgan fingerprint density at radius 2 is 1.80 bits per heavy atom. The van der Waals surface area contributed by atoms with Crippen molar-refractivity contribution in [1.82, 2.24) is 9.88 Å². The third kappa shape index (κ3) is 2.04. The third-order valence-corrected chi connectivity index (χ3v) is 4.14. The Morgan fingerprint density at radius 1 is 1.10 bits per heavy atom. The number of aromatic nitrogens is 1. The molecule has 4 nitrogen and oxygen atoms in total. The van der Waals surface area contributed by atoms with E-state index in [9.17, 15) is 9.59 Å². The molecule has 0 unspecified atom stereocenters. The van der Waals surface area contributed by atoms with E-state index in [1.165, 1.54) is 0 Å². The SMILES string of the molecule is Cc1ccc2c(n1)C(=O)C(N1CCCCC1)=C(Cl)C2=O. The smallest absolute Gasteiger partial charge is 0.229 e. The molecule has 5 heteroatoms. The van der Waals surface area contributed by atoms with Crippen molar-refractivity contribution in [3.63, 3.8) is 0 Å². The van der Waals surface area contributed by atoms with Crippen molar-refractivity contribution in [1.29, 1.82) is 0 Å². The van der Waals surface area contributed by atoms with Crippen LogP contribution in [-0.2, 0) is 0 Å². The Hall–Kier alpha value is -1.68. The van der Waals surface area contributed by atoms with Gasteiger partial charge < -0.3 is 4.90 Å². The van der Waals surface area contributed by atoms with Gasteiger partial charge in [-0.05, 0) is 38.3 Å². The number of carbonyl (C=O) groups is 2. The molecule has 0 radical (unpaired) electrons. The van der Waals surface area contributed by atoms with Gasteiger partial charge in [0, 0.05) is 18.8 Å². The minimum absolute atomic E-state index is 0.0371. The zero-order chi connectivity index (χ0) is 14.3. The number of hydrogen-bond acceptors (Lipinski definition) is 4. The van der Waals surface area contributed by atoms with Crippen molar-refractivity contribution >= 4 is 23.2 Å². The second-order valence-electron chi connectivity index (χ2n) is 5.22. The predicted molar refractivity (Wildman–Crippen MR) is 75.9 cm³/mol. The highest BCUT2D eigenvalue weighted by Gasteiger charge is 2.35. The lowest BCUT2D eigenvalue weighted by molar-refractivity contribution is 0.0935. The molecule has 2 heterocycles. The number of allylic oxidation sites excluding steroid dienone is 2. The molecule has 0 aromatic carbocycles.